The molecule has 2 aromatic heterocycles. The maximum Gasteiger partial charge on any atom is 0.235 e. The van der Waals surface area contributed by atoms with Crippen LogP contribution in [0.5, 0.6) is 17.2 Å². The number of phenols is 1. The predicted molar refractivity (Wildman–Crippen MR) is 117 cm³/mol. The number of imidazole rings is 1. The molecule has 0 radical (unpaired) electrons. The van der Waals surface area contributed by atoms with Gasteiger partial charge in [-0.2, -0.15) is 0 Å². The zero-order valence-electron chi connectivity index (χ0n) is 17.4. The van der Waals surface area contributed by atoms with E-state index in [0.717, 1.165) is 17.1 Å². The molecule has 0 saturated heterocycles. The van der Waals surface area contributed by atoms with E-state index < -0.39 is 0 Å². The molecule has 0 aliphatic rings. The number of ether oxygens (including phenoxy) is 2. The van der Waals surface area contributed by atoms with Gasteiger partial charge in [-0.3, -0.25) is 4.40 Å². The zero-order valence-corrected chi connectivity index (χ0v) is 17.4. The highest BCUT2D eigenvalue weighted by molar-refractivity contribution is 5.81. The number of benzene rings is 2. The number of hydrogen-bond donors (Lipinski definition) is 2. The third-order valence-corrected chi connectivity index (χ3v) is 5.00. The second-order valence-corrected chi connectivity index (χ2v) is 7.23. The van der Waals surface area contributed by atoms with E-state index in [1.165, 1.54) is 19.8 Å². The smallest absolute Gasteiger partial charge is 0.235 e. The lowest BCUT2D eigenvalue weighted by atomic mass is 10.0. The summed E-state index contributed by atoms with van der Waals surface area (Å²) in [6.45, 7) is 4.34. The van der Waals surface area contributed by atoms with Gasteiger partial charge >= 0.3 is 0 Å². The Bertz CT molecular complexity index is 1160. The van der Waals surface area contributed by atoms with Gasteiger partial charge in [0.05, 0.1) is 14.2 Å². The van der Waals surface area contributed by atoms with Gasteiger partial charge < -0.3 is 19.9 Å². The van der Waals surface area contributed by atoms with Crippen LogP contribution in [0.2, 0.25) is 0 Å². The molecule has 4 aromatic rings. The number of anilines is 2. The lowest BCUT2D eigenvalue weighted by Gasteiger charge is -2.13. The maximum absolute atomic E-state index is 10.3. The van der Waals surface area contributed by atoms with E-state index in [1.54, 1.807) is 18.3 Å². The molecule has 0 spiro atoms. The summed E-state index contributed by atoms with van der Waals surface area (Å²) in [5, 5.41) is 13.7. The molecule has 0 saturated carbocycles. The van der Waals surface area contributed by atoms with Gasteiger partial charge in [-0.25, -0.2) is 9.97 Å². The first-order chi connectivity index (χ1) is 14.5. The first-order valence-electron chi connectivity index (χ1n) is 9.67. The van der Waals surface area contributed by atoms with E-state index in [1.807, 2.05) is 28.8 Å². The molecule has 2 heterocycles. The van der Waals surface area contributed by atoms with E-state index >= 15 is 0 Å². The van der Waals surface area contributed by atoms with Gasteiger partial charge in [0.1, 0.15) is 11.5 Å². The highest BCUT2D eigenvalue weighted by Gasteiger charge is 2.19. The van der Waals surface area contributed by atoms with Gasteiger partial charge in [0.25, 0.3) is 0 Å². The van der Waals surface area contributed by atoms with E-state index in [-0.39, 0.29) is 5.75 Å². The summed E-state index contributed by atoms with van der Waals surface area (Å²) in [6.07, 6.45) is 3.60. The van der Waals surface area contributed by atoms with Gasteiger partial charge in [0.15, 0.2) is 11.5 Å². The molecule has 0 atom stereocenters. The fraction of sp³-hybridized carbons (Fsp3) is 0.217. The standard InChI is InChI=1S/C23H24N4O3/c1-14(2)15-6-8-17(9-7-15)25-22-20(26-23-24-10-5-11-27(22)23)16-12-18(29-3)21(28)19(13-16)30-4/h5-14,25,28H,1-4H3. The molecule has 7 nitrogen and oxygen atoms in total. The number of rotatable bonds is 6. The van der Waals surface area contributed by atoms with Crippen molar-refractivity contribution in [2.45, 2.75) is 19.8 Å². The number of hydrogen-bond acceptors (Lipinski definition) is 6. The average molecular weight is 404 g/mol. The Labute approximate surface area is 174 Å². The Hall–Kier alpha value is -3.74. The largest absolute Gasteiger partial charge is 0.502 e. The molecule has 154 valence electrons. The van der Waals surface area contributed by atoms with Crippen molar-refractivity contribution in [1.82, 2.24) is 14.4 Å². The molecule has 0 unspecified atom stereocenters. The molecule has 0 aliphatic heterocycles. The van der Waals surface area contributed by atoms with Crippen molar-refractivity contribution in [2.24, 2.45) is 0 Å². The minimum atomic E-state index is -0.0515. The lowest BCUT2D eigenvalue weighted by molar-refractivity contribution is 0.340. The average Bonchev–Trinajstić information content (AvgIpc) is 3.13. The molecule has 4 rings (SSSR count). The fourth-order valence-electron chi connectivity index (χ4n) is 3.33. The van der Waals surface area contributed by atoms with Crippen molar-refractivity contribution in [3.8, 4) is 28.5 Å². The number of nitrogens with zero attached hydrogens (tertiary/aromatic N) is 3. The summed E-state index contributed by atoms with van der Waals surface area (Å²) in [7, 11) is 3.00. The minimum Gasteiger partial charge on any atom is -0.502 e. The number of methoxy groups -OCH3 is 2. The van der Waals surface area contributed by atoms with Crippen molar-refractivity contribution in [2.75, 3.05) is 19.5 Å². The first kappa shape index (κ1) is 19.6. The van der Waals surface area contributed by atoms with Crippen LogP contribution < -0.4 is 14.8 Å². The molecule has 7 heteroatoms. The van der Waals surface area contributed by atoms with E-state index in [2.05, 4.69) is 36.3 Å². The molecule has 0 fully saturated rings. The van der Waals surface area contributed by atoms with E-state index in [4.69, 9.17) is 14.5 Å². The second kappa shape index (κ2) is 7.94. The molecular formula is C23H24N4O3. The van der Waals surface area contributed by atoms with Gasteiger partial charge in [-0.15, -0.1) is 0 Å². The molecule has 2 N–H and O–H groups in total. The summed E-state index contributed by atoms with van der Waals surface area (Å²) in [4.78, 5) is 9.07. The summed E-state index contributed by atoms with van der Waals surface area (Å²) in [5.41, 5.74) is 3.60. The predicted octanol–water partition coefficient (Wildman–Crippen LogP) is 4.99. The Balaban J connectivity index is 1.85. The monoisotopic (exact) mass is 404 g/mol. The Kier molecular flexibility index (Phi) is 5.18. The number of aromatic nitrogens is 3. The normalized spacial score (nSPS) is 11.1. The molecule has 0 amide bonds. The molecule has 2 aromatic carbocycles. The molecule has 30 heavy (non-hydrogen) atoms. The number of phenolic OH excluding ortho intramolecular Hbond substituents is 1. The van der Waals surface area contributed by atoms with Crippen LogP contribution in [-0.2, 0) is 0 Å². The van der Waals surface area contributed by atoms with Crippen LogP contribution in [0.1, 0.15) is 25.3 Å². The lowest BCUT2D eigenvalue weighted by Crippen LogP contribution is -1.98. The maximum atomic E-state index is 10.3. The van der Waals surface area contributed by atoms with Crippen molar-refractivity contribution >= 4 is 17.3 Å². The summed E-state index contributed by atoms with van der Waals surface area (Å²) in [6, 6.07) is 13.6. The van der Waals surface area contributed by atoms with Crippen LogP contribution in [0.3, 0.4) is 0 Å². The minimum absolute atomic E-state index is 0.0515. The topological polar surface area (TPSA) is 80.9 Å². The van der Waals surface area contributed by atoms with Gasteiger partial charge in [0, 0.05) is 23.6 Å². The van der Waals surface area contributed by atoms with Crippen LogP contribution in [0.15, 0.2) is 54.9 Å². The number of aromatic hydroxyl groups is 1. The van der Waals surface area contributed by atoms with Crippen LogP contribution in [0, 0.1) is 0 Å². The second-order valence-electron chi connectivity index (χ2n) is 7.23. The molecular weight excluding hydrogens is 380 g/mol. The van der Waals surface area contributed by atoms with Crippen LogP contribution in [-0.4, -0.2) is 33.7 Å². The molecule has 0 aliphatic carbocycles. The Morgan fingerprint density at radius 3 is 2.30 bits per heavy atom. The Morgan fingerprint density at radius 1 is 1.03 bits per heavy atom. The summed E-state index contributed by atoms with van der Waals surface area (Å²) < 4.78 is 12.5. The third kappa shape index (κ3) is 3.50. The zero-order chi connectivity index (χ0) is 21.3. The van der Waals surface area contributed by atoms with Crippen LogP contribution in [0.25, 0.3) is 17.0 Å². The quantitative estimate of drug-likeness (QED) is 0.471. The fourth-order valence-corrected chi connectivity index (χ4v) is 3.33. The third-order valence-electron chi connectivity index (χ3n) is 5.00. The van der Waals surface area contributed by atoms with E-state index in [0.29, 0.717) is 28.9 Å². The highest BCUT2D eigenvalue weighted by Crippen LogP contribution is 2.42. The SMILES string of the molecule is COc1cc(-c2nc3ncccn3c2Nc2ccc(C(C)C)cc2)cc(OC)c1O. The van der Waals surface area contributed by atoms with Crippen LogP contribution >= 0.6 is 0 Å². The van der Waals surface area contributed by atoms with Gasteiger partial charge in [-0.1, -0.05) is 26.0 Å². The molecule has 0 bridgehead atoms. The number of nitrogens with one attached hydrogen (secondary N) is 1. The van der Waals surface area contributed by atoms with Gasteiger partial charge in [-0.05, 0) is 41.8 Å². The highest BCUT2D eigenvalue weighted by atomic mass is 16.5. The van der Waals surface area contributed by atoms with E-state index in [9.17, 15) is 5.11 Å². The van der Waals surface area contributed by atoms with Crippen LogP contribution in [0.4, 0.5) is 11.5 Å². The van der Waals surface area contributed by atoms with Crippen molar-refractivity contribution in [3.63, 3.8) is 0 Å². The van der Waals surface area contributed by atoms with Gasteiger partial charge in [0.2, 0.25) is 11.5 Å². The summed E-state index contributed by atoms with van der Waals surface area (Å²) >= 11 is 0. The number of fused-ring (bicyclic) bond motifs is 1. The van der Waals surface area contributed by atoms with Crippen molar-refractivity contribution in [1.29, 1.82) is 0 Å². The Morgan fingerprint density at radius 2 is 1.70 bits per heavy atom. The first-order valence-corrected chi connectivity index (χ1v) is 9.67. The summed E-state index contributed by atoms with van der Waals surface area (Å²) in [5.74, 6) is 2.34. The van der Waals surface area contributed by atoms with Crippen molar-refractivity contribution < 1.29 is 14.6 Å². The van der Waals surface area contributed by atoms with Crippen molar-refractivity contribution in [3.05, 3.63) is 60.4 Å².